The molecular weight excluding hydrogens is 382 g/mol. The summed E-state index contributed by atoms with van der Waals surface area (Å²) >= 11 is 6.17. The van der Waals surface area contributed by atoms with Crippen molar-refractivity contribution >= 4 is 21.6 Å². The van der Waals surface area contributed by atoms with E-state index >= 15 is 0 Å². The third-order valence-electron chi connectivity index (χ3n) is 4.05. The summed E-state index contributed by atoms with van der Waals surface area (Å²) in [5.74, 6) is 0.459. The van der Waals surface area contributed by atoms with Crippen LogP contribution in [0.5, 0.6) is 5.75 Å². The number of nitrogens with one attached hydrogen (secondary N) is 1. The minimum Gasteiger partial charge on any atom is -0.492 e. The van der Waals surface area contributed by atoms with E-state index in [0.717, 1.165) is 11.1 Å². The SMILES string of the molecule is CCOc1ccc(S(=O)(=O)NC(c2ccccc2)c2ccccc2)cc1Cl. The molecule has 0 radical (unpaired) electrons. The summed E-state index contributed by atoms with van der Waals surface area (Å²) in [5.41, 5.74) is 1.70. The molecule has 0 aliphatic carbocycles. The summed E-state index contributed by atoms with van der Waals surface area (Å²) in [5, 5.41) is 0.260. The van der Waals surface area contributed by atoms with Crippen LogP contribution >= 0.6 is 11.6 Å². The quantitative estimate of drug-likeness (QED) is 0.618. The van der Waals surface area contributed by atoms with Gasteiger partial charge >= 0.3 is 0 Å². The van der Waals surface area contributed by atoms with Gasteiger partial charge in [0.2, 0.25) is 10.0 Å². The first-order valence-electron chi connectivity index (χ1n) is 8.56. The highest BCUT2D eigenvalue weighted by Crippen LogP contribution is 2.29. The average Bonchev–Trinajstić information content (AvgIpc) is 2.69. The summed E-state index contributed by atoms with van der Waals surface area (Å²) in [7, 11) is -3.80. The van der Waals surface area contributed by atoms with Crippen molar-refractivity contribution < 1.29 is 13.2 Å². The molecule has 6 heteroatoms. The van der Waals surface area contributed by atoms with Crippen molar-refractivity contribution in [1.82, 2.24) is 4.72 Å². The number of rotatable bonds is 7. The van der Waals surface area contributed by atoms with Gasteiger partial charge in [-0.25, -0.2) is 8.42 Å². The van der Waals surface area contributed by atoms with Crippen molar-refractivity contribution in [2.24, 2.45) is 0 Å². The van der Waals surface area contributed by atoms with Crippen LogP contribution in [-0.2, 0) is 10.0 Å². The minimum absolute atomic E-state index is 0.0906. The van der Waals surface area contributed by atoms with Crippen molar-refractivity contribution in [3.05, 3.63) is 95.0 Å². The lowest BCUT2D eigenvalue weighted by molar-refractivity contribution is 0.340. The Morgan fingerprint density at radius 1 is 0.926 bits per heavy atom. The van der Waals surface area contributed by atoms with Gasteiger partial charge in [0.05, 0.1) is 22.6 Å². The summed E-state index contributed by atoms with van der Waals surface area (Å²) in [6.45, 7) is 2.29. The highest BCUT2D eigenvalue weighted by atomic mass is 35.5. The summed E-state index contributed by atoms with van der Waals surface area (Å²) in [6.07, 6.45) is 0. The van der Waals surface area contributed by atoms with Gasteiger partial charge in [-0.05, 0) is 36.2 Å². The summed E-state index contributed by atoms with van der Waals surface area (Å²) in [4.78, 5) is 0.0906. The fourth-order valence-corrected chi connectivity index (χ4v) is 4.30. The van der Waals surface area contributed by atoms with E-state index in [1.165, 1.54) is 12.1 Å². The Hall–Kier alpha value is -2.34. The Balaban J connectivity index is 1.97. The molecule has 4 nitrogen and oxygen atoms in total. The molecule has 27 heavy (non-hydrogen) atoms. The van der Waals surface area contributed by atoms with E-state index in [9.17, 15) is 8.42 Å². The smallest absolute Gasteiger partial charge is 0.241 e. The van der Waals surface area contributed by atoms with Gasteiger partial charge in [-0.15, -0.1) is 0 Å². The molecule has 3 rings (SSSR count). The van der Waals surface area contributed by atoms with Crippen molar-refractivity contribution in [2.75, 3.05) is 6.61 Å². The van der Waals surface area contributed by atoms with Crippen LogP contribution in [0, 0.1) is 0 Å². The third-order valence-corrected chi connectivity index (χ3v) is 5.77. The molecule has 0 bridgehead atoms. The molecule has 0 spiro atoms. The predicted octanol–water partition coefficient (Wildman–Crippen LogP) is 4.81. The zero-order valence-corrected chi connectivity index (χ0v) is 16.4. The van der Waals surface area contributed by atoms with Crippen LogP contribution in [0.4, 0.5) is 0 Å². The fourth-order valence-electron chi connectivity index (χ4n) is 2.76. The number of hydrogen-bond donors (Lipinski definition) is 1. The molecule has 0 unspecified atom stereocenters. The van der Waals surface area contributed by atoms with Gasteiger partial charge in [-0.1, -0.05) is 72.3 Å². The lowest BCUT2D eigenvalue weighted by Crippen LogP contribution is -2.29. The van der Waals surface area contributed by atoms with E-state index in [0.29, 0.717) is 12.4 Å². The second-order valence-corrected chi connectivity index (χ2v) is 8.02. The van der Waals surface area contributed by atoms with Crippen molar-refractivity contribution in [3.63, 3.8) is 0 Å². The van der Waals surface area contributed by atoms with Crippen LogP contribution < -0.4 is 9.46 Å². The molecule has 3 aromatic carbocycles. The topological polar surface area (TPSA) is 55.4 Å². The lowest BCUT2D eigenvalue weighted by atomic mass is 10.00. The Kier molecular flexibility index (Phi) is 6.16. The van der Waals surface area contributed by atoms with E-state index in [1.807, 2.05) is 67.6 Å². The van der Waals surface area contributed by atoms with Gasteiger partial charge in [0.25, 0.3) is 0 Å². The molecule has 0 atom stereocenters. The maximum absolute atomic E-state index is 13.0. The second kappa shape index (κ2) is 8.57. The maximum Gasteiger partial charge on any atom is 0.241 e. The molecule has 3 aromatic rings. The van der Waals surface area contributed by atoms with Crippen molar-refractivity contribution in [2.45, 2.75) is 17.9 Å². The van der Waals surface area contributed by atoms with Gasteiger partial charge in [0, 0.05) is 0 Å². The number of hydrogen-bond acceptors (Lipinski definition) is 3. The van der Waals surface area contributed by atoms with Gasteiger partial charge in [0.1, 0.15) is 5.75 Å². The fraction of sp³-hybridized carbons (Fsp3) is 0.143. The van der Waals surface area contributed by atoms with Gasteiger partial charge in [-0.3, -0.25) is 0 Å². The standard InChI is InChI=1S/C21H20ClNO3S/c1-2-26-20-14-13-18(15-19(20)22)27(24,25)23-21(16-9-5-3-6-10-16)17-11-7-4-8-12-17/h3-15,21,23H,2H2,1H3. The number of halogens is 1. The van der Waals surface area contributed by atoms with Crippen molar-refractivity contribution in [1.29, 1.82) is 0 Å². The molecule has 140 valence electrons. The highest BCUT2D eigenvalue weighted by molar-refractivity contribution is 7.89. The normalized spacial score (nSPS) is 11.5. The van der Waals surface area contributed by atoms with Crippen LogP contribution in [0.2, 0.25) is 5.02 Å². The molecule has 0 fully saturated rings. The van der Waals surface area contributed by atoms with Crippen molar-refractivity contribution in [3.8, 4) is 5.75 Å². The number of sulfonamides is 1. The van der Waals surface area contributed by atoms with Crippen LogP contribution in [0.25, 0.3) is 0 Å². The van der Waals surface area contributed by atoms with E-state index in [1.54, 1.807) is 6.07 Å². The maximum atomic E-state index is 13.0. The molecule has 1 N–H and O–H groups in total. The number of benzene rings is 3. The highest BCUT2D eigenvalue weighted by Gasteiger charge is 2.23. The van der Waals surface area contributed by atoms with Gasteiger partial charge in [0.15, 0.2) is 0 Å². The zero-order chi connectivity index (χ0) is 19.3. The molecule has 0 aliphatic rings. The summed E-state index contributed by atoms with van der Waals surface area (Å²) < 4.78 is 34.2. The van der Waals surface area contributed by atoms with Crippen LogP contribution in [0.15, 0.2) is 83.8 Å². The van der Waals surface area contributed by atoms with E-state index < -0.39 is 16.1 Å². The van der Waals surface area contributed by atoms with Crippen LogP contribution in [-0.4, -0.2) is 15.0 Å². The predicted molar refractivity (Wildman–Crippen MR) is 108 cm³/mol. The average molecular weight is 402 g/mol. The Morgan fingerprint density at radius 2 is 1.48 bits per heavy atom. The van der Waals surface area contributed by atoms with Gasteiger partial charge in [-0.2, -0.15) is 4.72 Å². The van der Waals surface area contributed by atoms with Crippen LogP contribution in [0.3, 0.4) is 0 Å². The first-order valence-corrected chi connectivity index (χ1v) is 10.4. The third kappa shape index (κ3) is 4.69. The molecule has 0 saturated carbocycles. The number of ether oxygens (including phenoxy) is 1. The second-order valence-electron chi connectivity index (χ2n) is 5.90. The largest absolute Gasteiger partial charge is 0.492 e. The first kappa shape index (κ1) is 19.4. The van der Waals surface area contributed by atoms with E-state index in [4.69, 9.17) is 16.3 Å². The minimum atomic E-state index is -3.80. The zero-order valence-electron chi connectivity index (χ0n) is 14.8. The monoisotopic (exact) mass is 401 g/mol. The molecule has 0 aliphatic heterocycles. The Bertz CT molecular complexity index is 953. The molecule has 0 aromatic heterocycles. The molecular formula is C21H20ClNO3S. The Labute approximate surface area is 164 Å². The lowest BCUT2D eigenvalue weighted by Gasteiger charge is -2.20. The molecule has 0 heterocycles. The van der Waals surface area contributed by atoms with E-state index in [2.05, 4.69) is 4.72 Å². The van der Waals surface area contributed by atoms with Crippen LogP contribution in [0.1, 0.15) is 24.1 Å². The molecule has 0 saturated heterocycles. The Morgan fingerprint density at radius 3 is 1.96 bits per heavy atom. The van der Waals surface area contributed by atoms with Gasteiger partial charge < -0.3 is 4.74 Å². The molecule has 0 amide bonds. The van der Waals surface area contributed by atoms with E-state index in [-0.39, 0.29) is 9.92 Å². The first-order chi connectivity index (χ1) is 13.0. The summed E-state index contributed by atoms with van der Waals surface area (Å²) in [6, 6.07) is 22.9.